The van der Waals surface area contributed by atoms with Gasteiger partial charge in [0.2, 0.25) is 0 Å². The van der Waals surface area contributed by atoms with Crippen molar-refractivity contribution in [3.8, 4) is 0 Å². The summed E-state index contributed by atoms with van der Waals surface area (Å²) in [6.45, 7) is 4.61. The van der Waals surface area contributed by atoms with E-state index in [0.29, 0.717) is 5.92 Å². The van der Waals surface area contributed by atoms with Crippen molar-refractivity contribution >= 4 is 5.69 Å². The Hall–Kier alpha value is -1.36. The van der Waals surface area contributed by atoms with Crippen LogP contribution >= 0.6 is 0 Å². The Bertz CT molecular complexity index is 612. The third-order valence-electron chi connectivity index (χ3n) is 6.23. The van der Waals surface area contributed by atoms with E-state index in [2.05, 4.69) is 20.4 Å². The standard InChI is InChI=1S/C19H30N4O/c24-19-16-7-4-10-20-18(16)17(21-22-19)15-8-11-23(12-9-15)13-14-5-2-1-3-6-14/h14-15,20H,1-13H2,(H,22,24). The fraction of sp³-hybridized carbons (Fsp3) is 0.789. The van der Waals surface area contributed by atoms with Gasteiger partial charge in [-0.05, 0) is 57.5 Å². The van der Waals surface area contributed by atoms with Crippen molar-refractivity contribution in [1.29, 1.82) is 0 Å². The van der Waals surface area contributed by atoms with Gasteiger partial charge in [-0.1, -0.05) is 19.3 Å². The van der Waals surface area contributed by atoms with Gasteiger partial charge < -0.3 is 10.2 Å². The minimum atomic E-state index is -0.00400. The monoisotopic (exact) mass is 330 g/mol. The van der Waals surface area contributed by atoms with Gasteiger partial charge in [-0.15, -0.1) is 0 Å². The molecule has 0 unspecified atom stereocenters. The third-order valence-corrected chi connectivity index (χ3v) is 6.23. The molecule has 1 saturated carbocycles. The van der Waals surface area contributed by atoms with Crippen LogP contribution < -0.4 is 10.9 Å². The first-order valence-electron chi connectivity index (χ1n) is 9.89. The van der Waals surface area contributed by atoms with E-state index in [1.165, 1.54) is 64.6 Å². The highest BCUT2D eigenvalue weighted by Crippen LogP contribution is 2.34. The van der Waals surface area contributed by atoms with Crippen LogP contribution in [0, 0.1) is 5.92 Å². The first-order valence-corrected chi connectivity index (χ1v) is 9.89. The number of piperidine rings is 1. The summed E-state index contributed by atoms with van der Waals surface area (Å²) in [7, 11) is 0. The highest BCUT2D eigenvalue weighted by atomic mass is 16.1. The number of aromatic nitrogens is 2. The Morgan fingerprint density at radius 2 is 1.83 bits per heavy atom. The summed E-state index contributed by atoms with van der Waals surface area (Å²) in [6, 6.07) is 0. The summed E-state index contributed by atoms with van der Waals surface area (Å²) in [5.74, 6) is 1.42. The van der Waals surface area contributed by atoms with Gasteiger partial charge in [-0.25, -0.2) is 5.10 Å². The van der Waals surface area contributed by atoms with Gasteiger partial charge in [0.05, 0.1) is 11.4 Å². The van der Waals surface area contributed by atoms with Crippen LogP contribution in [-0.2, 0) is 6.42 Å². The van der Waals surface area contributed by atoms with E-state index in [1.54, 1.807) is 0 Å². The van der Waals surface area contributed by atoms with Crippen LogP contribution in [0.4, 0.5) is 5.69 Å². The van der Waals surface area contributed by atoms with Crippen LogP contribution in [0.2, 0.25) is 0 Å². The molecule has 3 heterocycles. The first kappa shape index (κ1) is 16.1. The molecular formula is C19H30N4O. The average molecular weight is 330 g/mol. The number of rotatable bonds is 3. The second-order valence-corrected chi connectivity index (χ2v) is 7.90. The van der Waals surface area contributed by atoms with E-state index in [9.17, 15) is 4.79 Å². The molecule has 0 spiro atoms. The lowest BCUT2D eigenvalue weighted by Crippen LogP contribution is -2.38. The number of nitrogens with zero attached hydrogens (tertiary/aromatic N) is 2. The van der Waals surface area contributed by atoms with Gasteiger partial charge >= 0.3 is 0 Å². The van der Waals surface area contributed by atoms with Gasteiger partial charge in [0, 0.05) is 24.6 Å². The Morgan fingerprint density at radius 1 is 1.04 bits per heavy atom. The van der Waals surface area contributed by atoms with Crippen molar-refractivity contribution in [3.63, 3.8) is 0 Å². The zero-order valence-electron chi connectivity index (χ0n) is 14.6. The van der Waals surface area contributed by atoms with Crippen molar-refractivity contribution in [2.75, 3.05) is 31.5 Å². The molecule has 0 amide bonds. The minimum absolute atomic E-state index is 0.00400. The maximum absolute atomic E-state index is 12.0. The molecule has 0 atom stereocenters. The second-order valence-electron chi connectivity index (χ2n) is 7.90. The molecule has 0 bridgehead atoms. The molecule has 132 valence electrons. The predicted octanol–water partition coefficient (Wildman–Crippen LogP) is 2.89. The smallest absolute Gasteiger partial charge is 0.269 e. The summed E-state index contributed by atoms with van der Waals surface area (Å²) in [5, 5.41) is 10.6. The lowest BCUT2D eigenvalue weighted by Gasteiger charge is -2.35. The number of hydrogen-bond donors (Lipinski definition) is 2. The van der Waals surface area contributed by atoms with E-state index in [1.807, 2.05) is 0 Å². The molecule has 1 saturated heterocycles. The van der Waals surface area contributed by atoms with Crippen LogP contribution in [0.3, 0.4) is 0 Å². The molecule has 1 aliphatic carbocycles. The summed E-state index contributed by atoms with van der Waals surface area (Å²) < 4.78 is 0. The second kappa shape index (κ2) is 7.26. The number of anilines is 1. The van der Waals surface area contributed by atoms with Crippen molar-refractivity contribution in [2.45, 2.75) is 63.7 Å². The third kappa shape index (κ3) is 3.37. The Morgan fingerprint density at radius 3 is 2.62 bits per heavy atom. The van der Waals surface area contributed by atoms with Gasteiger partial charge in [-0.2, -0.15) is 5.10 Å². The molecule has 1 aromatic rings. The van der Waals surface area contributed by atoms with Crippen LogP contribution in [0.5, 0.6) is 0 Å². The van der Waals surface area contributed by atoms with Gasteiger partial charge in [0.25, 0.3) is 5.56 Å². The van der Waals surface area contributed by atoms with E-state index in [0.717, 1.165) is 42.2 Å². The Kier molecular flexibility index (Phi) is 4.88. The predicted molar refractivity (Wildman–Crippen MR) is 96.7 cm³/mol. The summed E-state index contributed by atoms with van der Waals surface area (Å²) in [6.07, 6.45) is 11.4. The SMILES string of the molecule is O=c1[nH]nc(C2CCN(CC3CCCCC3)CC2)c2c1CCCN2. The Balaban J connectivity index is 1.40. The molecule has 2 N–H and O–H groups in total. The largest absolute Gasteiger partial charge is 0.383 e. The van der Waals surface area contributed by atoms with Gasteiger partial charge in [-0.3, -0.25) is 4.79 Å². The van der Waals surface area contributed by atoms with Crippen molar-refractivity contribution in [2.24, 2.45) is 5.92 Å². The number of hydrogen-bond acceptors (Lipinski definition) is 4. The zero-order valence-corrected chi connectivity index (χ0v) is 14.6. The van der Waals surface area contributed by atoms with E-state index < -0.39 is 0 Å². The van der Waals surface area contributed by atoms with Crippen LogP contribution in [0.1, 0.15) is 68.5 Å². The maximum atomic E-state index is 12.0. The van der Waals surface area contributed by atoms with Crippen molar-refractivity contribution in [3.05, 3.63) is 21.6 Å². The highest BCUT2D eigenvalue weighted by molar-refractivity contribution is 5.56. The topological polar surface area (TPSA) is 61.0 Å². The van der Waals surface area contributed by atoms with Gasteiger partial charge in [0.15, 0.2) is 0 Å². The van der Waals surface area contributed by atoms with Crippen LogP contribution in [0.15, 0.2) is 4.79 Å². The zero-order chi connectivity index (χ0) is 16.4. The minimum Gasteiger partial charge on any atom is -0.383 e. The molecule has 5 heteroatoms. The van der Waals surface area contributed by atoms with E-state index >= 15 is 0 Å². The first-order chi connectivity index (χ1) is 11.8. The summed E-state index contributed by atoms with van der Waals surface area (Å²) in [4.78, 5) is 14.7. The maximum Gasteiger partial charge on any atom is 0.269 e. The van der Waals surface area contributed by atoms with Crippen molar-refractivity contribution < 1.29 is 0 Å². The number of nitrogens with one attached hydrogen (secondary N) is 2. The average Bonchev–Trinajstić information content (AvgIpc) is 2.64. The molecule has 24 heavy (non-hydrogen) atoms. The number of fused-ring (bicyclic) bond motifs is 1. The lowest BCUT2D eigenvalue weighted by molar-refractivity contribution is 0.163. The molecule has 3 aliphatic rings. The molecule has 2 fully saturated rings. The van der Waals surface area contributed by atoms with Crippen LogP contribution in [-0.4, -0.2) is 41.3 Å². The summed E-state index contributed by atoms with van der Waals surface area (Å²) >= 11 is 0. The summed E-state index contributed by atoms with van der Waals surface area (Å²) in [5.41, 5.74) is 3.09. The Labute approximate surface area is 144 Å². The number of aromatic amines is 1. The highest BCUT2D eigenvalue weighted by Gasteiger charge is 2.28. The molecule has 0 radical (unpaired) electrons. The molecule has 4 rings (SSSR count). The lowest BCUT2D eigenvalue weighted by atomic mass is 9.86. The number of H-pyrrole nitrogens is 1. The normalized spacial score (nSPS) is 23.7. The van der Waals surface area contributed by atoms with Crippen molar-refractivity contribution in [1.82, 2.24) is 15.1 Å². The quantitative estimate of drug-likeness (QED) is 0.894. The fourth-order valence-corrected chi connectivity index (χ4v) is 4.84. The molecule has 0 aromatic carbocycles. The van der Waals surface area contributed by atoms with E-state index in [4.69, 9.17) is 0 Å². The molecule has 2 aliphatic heterocycles. The van der Waals surface area contributed by atoms with Gasteiger partial charge in [0.1, 0.15) is 0 Å². The molecular weight excluding hydrogens is 300 g/mol. The van der Waals surface area contributed by atoms with Crippen LogP contribution in [0.25, 0.3) is 0 Å². The fourth-order valence-electron chi connectivity index (χ4n) is 4.84. The molecule has 1 aromatic heterocycles. The molecule has 5 nitrogen and oxygen atoms in total. The number of likely N-dealkylation sites (tertiary alicyclic amines) is 1. The van der Waals surface area contributed by atoms with E-state index in [-0.39, 0.29) is 5.56 Å².